The van der Waals surface area contributed by atoms with Crippen molar-refractivity contribution in [2.75, 3.05) is 44.7 Å². The summed E-state index contributed by atoms with van der Waals surface area (Å²) in [7, 11) is 0. The van der Waals surface area contributed by atoms with Crippen molar-refractivity contribution in [3.8, 4) is 0 Å². The number of nitrogens with one attached hydrogen (secondary N) is 17. The van der Waals surface area contributed by atoms with Crippen molar-refractivity contribution < 1.29 is 67.1 Å². The molecule has 5 aromatic rings. The molecule has 0 saturated carbocycles. The van der Waals surface area contributed by atoms with Gasteiger partial charge in [0, 0.05) is 78.9 Å². The summed E-state index contributed by atoms with van der Waals surface area (Å²) < 4.78 is 0. The second-order valence-electron chi connectivity index (χ2n) is 30.3. The minimum Gasteiger partial charge on any atom is -0.370 e. The molecule has 0 aliphatic heterocycles. The number of unbranched alkanes of at least 4 members (excludes halogenated alkanes) is 3. The number of carbonyl (C=O) groups excluding carboxylic acids is 14. The zero-order valence-corrected chi connectivity index (χ0v) is 70.8. The van der Waals surface area contributed by atoms with E-state index in [1.54, 1.807) is 68.0 Å². The predicted molar refractivity (Wildman–Crippen MR) is 465 cm³/mol. The Balaban J connectivity index is 1.46. The highest BCUT2D eigenvalue weighted by molar-refractivity contribution is 7.98. The minimum absolute atomic E-state index is 0.0168. The van der Waals surface area contributed by atoms with E-state index in [0.717, 1.165) is 10.9 Å². The van der Waals surface area contributed by atoms with Crippen molar-refractivity contribution in [3.05, 3.63) is 108 Å². The number of fused-ring (bicyclic) bond motifs is 2. The van der Waals surface area contributed by atoms with Gasteiger partial charge in [-0.2, -0.15) is 11.8 Å². The molecule has 5 rings (SSSR count). The first-order chi connectivity index (χ1) is 58.3. The highest BCUT2D eigenvalue weighted by Gasteiger charge is 2.38. The van der Waals surface area contributed by atoms with E-state index in [-0.39, 0.29) is 115 Å². The molecule has 2 aromatic heterocycles. The number of hydrogen-bond acceptors (Lipinski definition) is 20. The van der Waals surface area contributed by atoms with E-state index in [2.05, 4.69) is 79.1 Å². The Kier molecular flexibility index (Phi) is 44.3. The van der Waals surface area contributed by atoms with E-state index in [4.69, 9.17) is 56.7 Å². The lowest BCUT2D eigenvalue weighted by Crippen LogP contribution is -2.61. The standard InChI is InChI=1S/C82H127N25O14S/c1-5-47(2)48(3)70(111)104-64(42-50-45-95-54-25-11-9-23-52(50)54)79(120)105-63(41-49-21-7-6-8-22-49)77(118)102-61(32-33-67(86)108)75(116)107-66(44-68(87)109)80(121)101-60(31-20-39-94-82(91)92)72(113)99-59(30-19-38-93-81(89)90)73(114)103-62(34-40-122-4)76(117)98-58(29-15-18-37-85)74(115)106-65(43-51-46-96-55-26-12-10-24-53(51)55)78(119)100-57(28-14-17-36-84)71(112)97-56(69(88)110)27-13-16-35-83/h6-12,21-26,45-48,56-66,95-96H,5,13-20,27-44,83-85H2,1-4H3,(H2,86,108)(H2,87,109)(H2,88,110)(H,97,112)(H,98,117)(H,99,113)(H,100,119)(H,101,121)(H,102,118)(H,103,114)(H,104,111)(H,105,120)(H,106,115)(H,107,116)(H4,89,90,93)(H4,91,92,94)/t47?,48-,56-,57-,58-,59-,60-,61-,62-,63-,64-,65-,66-/m0/s1. The molecule has 122 heavy (non-hydrogen) atoms. The van der Waals surface area contributed by atoms with Crippen molar-refractivity contribution in [1.29, 1.82) is 10.8 Å². The average molecular weight is 1720 g/mol. The van der Waals surface area contributed by atoms with Crippen molar-refractivity contribution in [2.45, 2.75) is 222 Å². The molecule has 0 spiro atoms. The maximum absolute atomic E-state index is 15.0. The van der Waals surface area contributed by atoms with Gasteiger partial charge in [0.15, 0.2) is 11.9 Å². The molecule has 0 aliphatic carbocycles. The summed E-state index contributed by atoms with van der Waals surface area (Å²) in [5, 5.41) is 51.9. The van der Waals surface area contributed by atoms with Gasteiger partial charge in [0.05, 0.1) is 6.42 Å². The number of rotatable bonds is 59. The van der Waals surface area contributed by atoms with Crippen LogP contribution in [0.5, 0.6) is 0 Å². The van der Waals surface area contributed by atoms with Crippen LogP contribution in [0.3, 0.4) is 0 Å². The van der Waals surface area contributed by atoms with E-state index in [1.165, 1.54) is 11.8 Å². The molecule has 40 heteroatoms. The van der Waals surface area contributed by atoms with Crippen LogP contribution in [0, 0.1) is 22.7 Å². The number of para-hydroxylation sites is 2. The summed E-state index contributed by atoms with van der Waals surface area (Å²) in [6.45, 7) is 6.31. The Morgan fingerprint density at radius 3 is 1.08 bits per heavy atom. The van der Waals surface area contributed by atoms with Gasteiger partial charge >= 0.3 is 0 Å². The van der Waals surface area contributed by atoms with Gasteiger partial charge in [0.2, 0.25) is 82.7 Å². The van der Waals surface area contributed by atoms with Gasteiger partial charge in [0.25, 0.3) is 0 Å². The summed E-state index contributed by atoms with van der Waals surface area (Å²) in [5.41, 5.74) is 49.0. The fraction of sp³-hybridized carbons (Fsp3) is 0.537. The third-order valence-electron chi connectivity index (χ3n) is 20.9. The maximum Gasteiger partial charge on any atom is 0.243 e. The van der Waals surface area contributed by atoms with Crippen molar-refractivity contribution in [3.63, 3.8) is 0 Å². The van der Waals surface area contributed by atoms with Gasteiger partial charge in [-0.15, -0.1) is 0 Å². The molecule has 0 saturated heterocycles. The molecule has 670 valence electrons. The third-order valence-corrected chi connectivity index (χ3v) is 21.5. The number of amides is 14. The first-order valence-corrected chi connectivity index (χ1v) is 42.8. The summed E-state index contributed by atoms with van der Waals surface area (Å²) >= 11 is 1.31. The number of nitrogens with two attached hydrogens (primary N) is 8. The second-order valence-corrected chi connectivity index (χ2v) is 31.3. The van der Waals surface area contributed by atoms with Gasteiger partial charge in [-0.05, 0) is 163 Å². The van der Waals surface area contributed by atoms with Gasteiger partial charge in [-0.25, -0.2) is 0 Å². The quantitative estimate of drug-likeness (QED) is 0.0114. The van der Waals surface area contributed by atoms with Gasteiger partial charge < -0.3 is 125 Å². The number of aromatic nitrogens is 2. The molecule has 0 radical (unpaired) electrons. The Morgan fingerprint density at radius 2 is 0.705 bits per heavy atom. The molecular weight excluding hydrogens is 1590 g/mol. The number of guanidine groups is 2. The smallest absolute Gasteiger partial charge is 0.243 e. The highest BCUT2D eigenvalue weighted by Crippen LogP contribution is 2.23. The van der Waals surface area contributed by atoms with Crippen LogP contribution in [0.2, 0.25) is 0 Å². The molecule has 1 unspecified atom stereocenters. The zero-order valence-electron chi connectivity index (χ0n) is 70.0. The lowest BCUT2D eigenvalue weighted by atomic mass is 9.92. The number of aromatic amines is 2. The molecule has 39 nitrogen and oxygen atoms in total. The SMILES string of the molecule is CCC(C)[C@H](C)C(=O)N[C@@H](Cc1c[nH]c2ccccc12)C(=O)N[C@@H](Cc1ccccc1)C(=O)N[C@@H](CCC(N)=O)C(=O)N[C@@H](CC(N)=O)C(=O)N[C@@H](CCCNC(=N)N)C(=O)N[C@@H](CCCNC(=N)N)C(=O)N[C@@H](CCSC)C(=O)N[C@@H](CCCCN)C(=O)N[C@@H](Cc1c[nH]c2ccccc12)C(=O)N[C@@H](CCCCN)C(=O)N[C@@H](CCCCN)C(N)=O. The molecule has 14 amide bonds. The van der Waals surface area contributed by atoms with Crippen LogP contribution < -0.4 is 115 Å². The topological polar surface area (TPSA) is 683 Å². The third kappa shape index (κ3) is 35.0. The number of hydrogen-bond donors (Lipinski definition) is 25. The molecule has 3 aromatic carbocycles. The van der Waals surface area contributed by atoms with Crippen LogP contribution >= 0.6 is 11.8 Å². The van der Waals surface area contributed by atoms with Crippen LogP contribution in [0.15, 0.2) is 91.3 Å². The van der Waals surface area contributed by atoms with Crippen LogP contribution in [0.25, 0.3) is 21.8 Å². The molecular formula is C82H127N25O14S. The fourth-order valence-electron chi connectivity index (χ4n) is 13.5. The summed E-state index contributed by atoms with van der Waals surface area (Å²) in [4.78, 5) is 206. The number of primary amides is 3. The number of carbonyl (C=O) groups is 14. The molecule has 0 aliphatic rings. The van der Waals surface area contributed by atoms with E-state index in [9.17, 15) is 67.1 Å². The number of H-pyrrole nitrogens is 2. The van der Waals surface area contributed by atoms with Gasteiger partial charge in [-0.3, -0.25) is 77.9 Å². The number of thioether (sulfide) groups is 1. The predicted octanol–water partition coefficient (Wildman–Crippen LogP) is -2.02. The largest absolute Gasteiger partial charge is 0.370 e. The molecule has 33 N–H and O–H groups in total. The zero-order chi connectivity index (χ0) is 89.8. The lowest BCUT2D eigenvalue weighted by Gasteiger charge is -2.29. The Hall–Kier alpha value is -11.9. The van der Waals surface area contributed by atoms with E-state index in [0.29, 0.717) is 72.7 Å². The normalized spacial score (nSPS) is 14.4. The monoisotopic (exact) mass is 1720 g/mol. The highest BCUT2D eigenvalue weighted by atomic mass is 32.2. The fourth-order valence-corrected chi connectivity index (χ4v) is 14.0. The van der Waals surface area contributed by atoms with E-state index in [1.807, 2.05) is 50.2 Å². The van der Waals surface area contributed by atoms with Crippen molar-refractivity contribution >= 4 is 128 Å². The van der Waals surface area contributed by atoms with Gasteiger partial charge in [0.1, 0.15) is 66.5 Å². The maximum atomic E-state index is 15.0. The first-order valence-electron chi connectivity index (χ1n) is 41.4. The summed E-state index contributed by atoms with van der Waals surface area (Å²) in [6, 6.07) is 6.81. The Morgan fingerprint density at radius 1 is 0.377 bits per heavy atom. The summed E-state index contributed by atoms with van der Waals surface area (Å²) in [6.07, 6.45) is 5.65. The lowest BCUT2D eigenvalue weighted by molar-refractivity contribution is -0.137. The Bertz CT molecular complexity index is 4300. The summed E-state index contributed by atoms with van der Waals surface area (Å²) in [5.74, 6) is -13.8. The van der Waals surface area contributed by atoms with Crippen LogP contribution in [-0.2, 0) is 86.4 Å². The van der Waals surface area contributed by atoms with E-state index >= 15 is 0 Å². The molecule has 2 heterocycles. The average Bonchev–Trinajstić information content (AvgIpc) is 1.69. The molecule has 0 fully saturated rings. The van der Waals surface area contributed by atoms with Crippen molar-refractivity contribution in [2.24, 2.45) is 57.7 Å². The number of benzene rings is 3. The first kappa shape index (κ1) is 101. The second kappa shape index (κ2) is 53.7. The van der Waals surface area contributed by atoms with Crippen LogP contribution in [0.4, 0.5) is 0 Å². The van der Waals surface area contributed by atoms with Crippen LogP contribution in [-0.4, -0.2) is 216 Å². The van der Waals surface area contributed by atoms with E-state index < -0.39 is 186 Å². The molecule has 13 atom stereocenters. The van der Waals surface area contributed by atoms with Crippen molar-refractivity contribution in [1.82, 2.24) is 79.1 Å². The van der Waals surface area contributed by atoms with Crippen LogP contribution in [0.1, 0.15) is 153 Å². The Labute approximate surface area is 714 Å². The minimum atomic E-state index is -1.94. The molecule has 0 bridgehead atoms. The van der Waals surface area contributed by atoms with Gasteiger partial charge in [-0.1, -0.05) is 93.9 Å².